The molecule has 5 nitrogen and oxygen atoms in total. The molecule has 0 spiro atoms. The van der Waals surface area contributed by atoms with Crippen molar-refractivity contribution in [1.29, 1.82) is 0 Å². The van der Waals surface area contributed by atoms with Crippen LogP contribution < -0.4 is 5.32 Å². The molecule has 104 valence electrons. The van der Waals surface area contributed by atoms with E-state index >= 15 is 0 Å². The lowest BCUT2D eigenvalue weighted by Gasteiger charge is -2.06. The molecule has 0 radical (unpaired) electrons. The van der Waals surface area contributed by atoms with Crippen LogP contribution in [0.4, 0.5) is 5.69 Å². The normalized spacial score (nSPS) is 10.5. The molecule has 0 unspecified atom stereocenters. The Morgan fingerprint density at radius 3 is 2.71 bits per heavy atom. The zero-order chi connectivity index (χ0) is 14.8. The standard InChI is InChI=1S/C16H13N3O2/c1-10(20)17-12-5-2-4-11(8-12)15-9-13-14(18-19-15)6-3-7-16(13)21/h2-9,21H,1H3,(H,17,20). The number of rotatable bonds is 2. The number of nitrogens with one attached hydrogen (secondary N) is 1. The summed E-state index contributed by atoms with van der Waals surface area (Å²) in [6.45, 7) is 1.46. The van der Waals surface area contributed by atoms with Gasteiger partial charge in [-0.1, -0.05) is 18.2 Å². The summed E-state index contributed by atoms with van der Waals surface area (Å²) in [6.07, 6.45) is 0. The Kier molecular flexibility index (Phi) is 3.23. The highest BCUT2D eigenvalue weighted by atomic mass is 16.3. The molecule has 0 atom stereocenters. The van der Waals surface area contributed by atoms with Gasteiger partial charge in [-0.3, -0.25) is 4.79 Å². The van der Waals surface area contributed by atoms with Crippen LogP contribution in [0.3, 0.4) is 0 Å². The van der Waals surface area contributed by atoms with E-state index in [-0.39, 0.29) is 11.7 Å². The Balaban J connectivity index is 2.08. The SMILES string of the molecule is CC(=O)Nc1cccc(-c2cc3c(O)cccc3nn2)c1. The molecule has 0 bridgehead atoms. The minimum Gasteiger partial charge on any atom is -0.507 e. The van der Waals surface area contributed by atoms with Gasteiger partial charge in [-0.15, -0.1) is 10.2 Å². The van der Waals surface area contributed by atoms with Crippen molar-refractivity contribution in [3.63, 3.8) is 0 Å². The summed E-state index contributed by atoms with van der Waals surface area (Å²) in [7, 11) is 0. The van der Waals surface area contributed by atoms with E-state index in [4.69, 9.17) is 0 Å². The molecule has 0 fully saturated rings. The van der Waals surface area contributed by atoms with Crippen molar-refractivity contribution < 1.29 is 9.90 Å². The van der Waals surface area contributed by atoms with Gasteiger partial charge < -0.3 is 10.4 Å². The number of phenolic OH excluding ortho intramolecular Hbond substituents is 1. The Morgan fingerprint density at radius 1 is 1.10 bits per heavy atom. The van der Waals surface area contributed by atoms with E-state index in [1.807, 2.05) is 18.2 Å². The molecule has 0 aliphatic rings. The molecule has 2 N–H and O–H groups in total. The largest absolute Gasteiger partial charge is 0.507 e. The Bertz CT molecular complexity index is 831. The summed E-state index contributed by atoms with van der Waals surface area (Å²) in [5, 5.41) is 21.5. The molecule has 1 aromatic heterocycles. The number of benzene rings is 2. The highest BCUT2D eigenvalue weighted by molar-refractivity contribution is 5.90. The maximum atomic E-state index is 11.1. The van der Waals surface area contributed by atoms with Crippen LogP contribution >= 0.6 is 0 Å². The highest BCUT2D eigenvalue weighted by Crippen LogP contribution is 2.27. The highest BCUT2D eigenvalue weighted by Gasteiger charge is 2.06. The monoisotopic (exact) mass is 279 g/mol. The molecule has 0 saturated heterocycles. The van der Waals surface area contributed by atoms with E-state index < -0.39 is 0 Å². The molecular weight excluding hydrogens is 266 g/mol. The van der Waals surface area contributed by atoms with Crippen LogP contribution in [0.15, 0.2) is 48.5 Å². The van der Waals surface area contributed by atoms with Gasteiger partial charge in [0.25, 0.3) is 0 Å². The fourth-order valence-corrected chi connectivity index (χ4v) is 2.15. The summed E-state index contributed by atoms with van der Waals surface area (Å²) >= 11 is 0. The zero-order valence-electron chi connectivity index (χ0n) is 11.4. The lowest BCUT2D eigenvalue weighted by atomic mass is 10.1. The molecule has 1 heterocycles. The minimum absolute atomic E-state index is 0.130. The number of aromatic nitrogens is 2. The van der Waals surface area contributed by atoms with Gasteiger partial charge in [0.1, 0.15) is 5.75 Å². The number of nitrogens with zero attached hydrogens (tertiary/aromatic N) is 2. The Labute approximate surface area is 121 Å². The topological polar surface area (TPSA) is 75.1 Å². The van der Waals surface area contributed by atoms with Crippen molar-refractivity contribution in [2.24, 2.45) is 0 Å². The maximum absolute atomic E-state index is 11.1. The van der Waals surface area contributed by atoms with Gasteiger partial charge in [0.05, 0.1) is 11.2 Å². The molecule has 21 heavy (non-hydrogen) atoms. The smallest absolute Gasteiger partial charge is 0.221 e. The summed E-state index contributed by atoms with van der Waals surface area (Å²) in [6, 6.07) is 14.2. The number of anilines is 1. The Hall–Kier alpha value is -2.95. The van der Waals surface area contributed by atoms with Gasteiger partial charge in [-0.05, 0) is 30.3 Å². The summed E-state index contributed by atoms with van der Waals surface area (Å²) < 4.78 is 0. The molecular formula is C16H13N3O2. The van der Waals surface area contributed by atoms with Gasteiger partial charge in [0, 0.05) is 23.6 Å². The number of aromatic hydroxyl groups is 1. The van der Waals surface area contributed by atoms with Crippen LogP contribution in [-0.2, 0) is 4.79 Å². The first-order valence-electron chi connectivity index (χ1n) is 6.47. The van der Waals surface area contributed by atoms with E-state index in [2.05, 4.69) is 15.5 Å². The summed E-state index contributed by atoms with van der Waals surface area (Å²) in [4.78, 5) is 11.1. The van der Waals surface area contributed by atoms with E-state index in [1.54, 1.807) is 30.3 Å². The number of phenols is 1. The molecule has 5 heteroatoms. The van der Waals surface area contributed by atoms with E-state index in [9.17, 15) is 9.90 Å². The van der Waals surface area contributed by atoms with Crippen LogP contribution in [0.25, 0.3) is 22.2 Å². The first kappa shape index (κ1) is 13.1. The summed E-state index contributed by atoms with van der Waals surface area (Å²) in [5.74, 6) is 0.0380. The third-order valence-corrected chi connectivity index (χ3v) is 3.09. The van der Waals surface area contributed by atoms with Crippen molar-refractivity contribution in [3.05, 3.63) is 48.5 Å². The second-order valence-corrected chi connectivity index (χ2v) is 4.70. The van der Waals surface area contributed by atoms with Crippen molar-refractivity contribution in [2.45, 2.75) is 6.92 Å². The van der Waals surface area contributed by atoms with Gasteiger partial charge in [0.15, 0.2) is 0 Å². The average Bonchev–Trinajstić information content (AvgIpc) is 2.47. The lowest BCUT2D eigenvalue weighted by molar-refractivity contribution is -0.114. The molecule has 1 amide bonds. The van der Waals surface area contributed by atoms with Crippen LogP contribution in [-0.4, -0.2) is 21.2 Å². The molecule has 0 saturated carbocycles. The summed E-state index contributed by atoms with van der Waals surface area (Å²) in [5.41, 5.74) is 2.78. The van der Waals surface area contributed by atoms with E-state index in [1.165, 1.54) is 6.92 Å². The number of hydrogen-bond donors (Lipinski definition) is 2. The number of amides is 1. The molecule has 3 rings (SSSR count). The third kappa shape index (κ3) is 2.67. The quantitative estimate of drug-likeness (QED) is 0.756. The third-order valence-electron chi connectivity index (χ3n) is 3.09. The predicted octanol–water partition coefficient (Wildman–Crippen LogP) is 2.96. The van der Waals surface area contributed by atoms with Crippen LogP contribution in [0.2, 0.25) is 0 Å². The first-order valence-corrected chi connectivity index (χ1v) is 6.47. The fourth-order valence-electron chi connectivity index (χ4n) is 2.15. The molecule has 0 aliphatic heterocycles. The molecule has 2 aromatic carbocycles. The second-order valence-electron chi connectivity index (χ2n) is 4.70. The van der Waals surface area contributed by atoms with E-state index in [0.29, 0.717) is 22.3 Å². The van der Waals surface area contributed by atoms with E-state index in [0.717, 1.165) is 5.56 Å². The van der Waals surface area contributed by atoms with Gasteiger partial charge in [0.2, 0.25) is 5.91 Å². The maximum Gasteiger partial charge on any atom is 0.221 e. The second kappa shape index (κ2) is 5.20. The van der Waals surface area contributed by atoms with Crippen molar-refractivity contribution in [1.82, 2.24) is 10.2 Å². The number of fused-ring (bicyclic) bond motifs is 1. The van der Waals surface area contributed by atoms with Crippen LogP contribution in [0.1, 0.15) is 6.92 Å². The first-order chi connectivity index (χ1) is 10.1. The van der Waals surface area contributed by atoms with Crippen LogP contribution in [0, 0.1) is 0 Å². The van der Waals surface area contributed by atoms with Crippen molar-refractivity contribution in [3.8, 4) is 17.0 Å². The van der Waals surface area contributed by atoms with Gasteiger partial charge >= 0.3 is 0 Å². The number of hydrogen-bond acceptors (Lipinski definition) is 4. The average molecular weight is 279 g/mol. The number of carbonyl (C=O) groups is 1. The fraction of sp³-hybridized carbons (Fsp3) is 0.0625. The number of carbonyl (C=O) groups excluding carboxylic acids is 1. The molecule has 0 aliphatic carbocycles. The van der Waals surface area contributed by atoms with Gasteiger partial charge in [-0.2, -0.15) is 0 Å². The lowest BCUT2D eigenvalue weighted by Crippen LogP contribution is -2.05. The van der Waals surface area contributed by atoms with Crippen molar-refractivity contribution >= 4 is 22.5 Å². The predicted molar refractivity (Wildman–Crippen MR) is 80.9 cm³/mol. The minimum atomic E-state index is -0.130. The van der Waals surface area contributed by atoms with Crippen molar-refractivity contribution in [2.75, 3.05) is 5.32 Å². The molecule has 3 aromatic rings. The zero-order valence-corrected chi connectivity index (χ0v) is 11.4. The van der Waals surface area contributed by atoms with Crippen LogP contribution in [0.5, 0.6) is 5.75 Å². The van der Waals surface area contributed by atoms with Gasteiger partial charge in [-0.25, -0.2) is 0 Å². The Morgan fingerprint density at radius 2 is 1.90 bits per heavy atom.